The average molecular weight is 402 g/mol. The van der Waals surface area contributed by atoms with Gasteiger partial charge in [-0.15, -0.1) is 11.3 Å². The molecule has 6 nitrogen and oxygen atoms in total. The summed E-state index contributed by atoms with van der Waals surface area (Å²) >= 11 is 1.68. The van der Waals surface area contributed by atoms with E-state index in [-0.39, 0.29) is 11.0 Å². The fourth-order valence-electron chi connectivity index (χ4n) is 3.81. The number of carboxylic acids is 1. The average Bonchev–Trinajstić information content (AvgIpc) is 3.32. The van der Waals surface area contributed by atoms with E-state index in [0.717, 1.165) is 23.2 Å². The van der Waals surface area contributed by atoms with Gasteiger partial charge in [-0.3, -0.25) is 0 Å². The molecule has 1 saturated carbocycles. The molecule has 0 aromatic carbocycles. The molecular formula is C21H27N3O3S. The molecule has 2 N–H and O–H groups in total. The van der Waals surface area contributed by atoms with Crippen molar-refractivity contribution in [3.05, 3.63) is 34.5 Å². The first-order chi connectivity index (χ1) is 13.1. The van der Waals surface area contributed by atoms with Crippen LogP contribution < -0.4 is 4.90 Å². The molecule has 1 atom stereocenters. The predicted octanol–water partition coefficient (Wildman–Crippen LogP) is 4.10. The molecule has 0 bridgehead atoms. The van der Waals surface area contributed by atoms with E-state index in [0.29, 0.717) is 12.3 Å². The fraction of sp³-hybridized carbons (Fsp3) is 0.571. The molecule has 1 fully saturated rings. The number of aliphatic hydroxyl groups is 1. The summed E-state index contributed by atoms with van der Waals surface area (Å²) in [4.78, 5) is 23.9. The lowest BCUT2D eigenvalue weighted by Gasteiger charge is -2.41. The maximum Gasteiger partial charge on any atom is 0.337 e. The number of aromatic nitrogens is 2. The SMILES string of the molecule is CC1(C)CC(O)C(C)(C)c2nc(N(CC3CC3)c3ccc(C(=O)O)cn3)sc21. The minimum absolute atomic E-state index is 0.133. The molecule has 0 radical (unpaired) electrons. The smallest absolute Gasteiger partial charge is 0.337 e. The Balaban J connectivity index is 1.77. The summed E-state index contributed by atoms with van der Waals surface area (Å²) in [6.45, 7) is 9.27. The fourth-order valence-corrected chi connectivity index (χ4v) is 5.17. The third-order valence-corrected chi connectivity index (χ3v) is 7.46. The van der Waals surface area contributed by atoms with Gasteiger partial charge >= 0.3 is 5.97 Å². The van der Waals surface area contributed by atoms with Gasteiger partial charge in [0, 0.05) is 28.4 Å². The molecule has 0 aliphatic heterocycles. The lowest BCUT2D eigenvalue weighted by atomic mass is 9.67. The minimum Gasteiger partial charge on any atom is -0.478 e. The molecule has 7 heteroatoms. The van der Waals surface area contributed by atoms with Crippen molar-refractivity contribution in [3.63, 3.8) is 0 Å². The molecule has 1 unspecified atom stereocenters. The second-order valence-electron chi connectivity index (χ2n) is 9.26. The Hall–Kier alpha value is -1.99. The van der Waals surface area contributed by atoms with Crippen LogP contribution in [-0.2, 0) is 10.8 Å². The lowest BCUT2D eigenvalue weighted by molar-refractivity contribution is 0.0574. The summed E-state index contributed by atoms with van der Waals surface area (Å²) in [6, 6.07) is 3.35. The van der Waals surface area contributed by atoms with Crippen molar-refractivity contribution in [1.82, 2.24) is 9.97 Å². The van der Waals surface area contributed by atoms with E-state index >= 15 is 0 Å². The van der Waals surface area contributed by atoms with E-state index in [1.165, 1.54) is 23.9 Å². The number of carboxylic acid groups (broad SMARTS) is 1. The third-order valence-electron chi connectivity index (χ3n) is 6.02. The van der Waals surface area contributed by atoms with Crippen molar-refractivity contribution in [3.8, 4) is 0 Å². The van der Waals surface area contributed by atoms with Crippen LogP contribution in [0.4, 0.5) is 10.9 Å². The van der Waals surface area contributed by atoms with Crippen molar-refractivity contribution < 1.29 is 15.0 Å². The number of anilines is 2. The van der Waals surface area contributed by atoms with E-state index in [9.17, 15) is 9.90 Å². The number of aromatic carboxylic acids is 1. The van der Waals surface area contributed by atoms with Gasteiger partial charge < -0.3 is 15.1 Å². The molecule has 0 saturated heterocycles. The quantitative estimate of drug-likeness (QED) is 0.784. The van der Waals surface area contributed by atoms with Crippen LogP contribution in [0.25, 0.3) is 0 Å². The van der Waals surface area contributed by atoms with Gasteiger partial charge in [0.15, 0.2) is 5.13 Å². The number of pyridine rings is 1. The summed E-state index contributed by atoms with van der Waals surface area (Å²) in [5.74, 6) is 0.364. The third kappa shape index (κ3) is 3.31. The highest BCUT2D eigenvalue weighted by molar-refractivity contribution is 7.16. The maximum absolute atomic E-state index is 11.2. The van der Waals surface area contributed by atoms with Crippen molar-refractivity contribution in [2.75, 3.05) is 11.4 Å². The number of hydrogen-bond donors (Lipinski definition) is 2. The molecule has 2 aliphatic rings. The Bertz CT molecular complexity index is 900. The Morgan fingerprint density at radius 2 is 2.00 bits per heavy atom. The zero-order valence-electron chi connectivity index (χ0n) is 16.8. The van der Waals surface area contributed by atoms with Gasteiger partial charge in [0.1, 0.15) is 5.82 Å². The van der Waals surface area contributed by atoms with Gasteiger partial charge in [-0.05, 0) is 37.3 Å². The molecule has 0 amide bonds. The van der Waals surface area contributed by atoms with Gasteiger partial charge in [0.05, 0.1) is 17.4 Å². The van der Waals surface area contributed by atoms with E-state index in [1.54, 1.807) is 23.5 Å². The molecule has 2 aromatic heterocycles. The molecular weight excluding hydrogens is 374 g/mol. The van der Waals surface area contributed by atoms with Gasteiger partial charge in [0.2, 0.25) is 0 Å². The first-order valence-electron chi connectivity index (χ1n) is 9.76. The Labute approximate surface area is 169 Å². The summed E-state index contributed by atoms with van der Waals surface area (Å²) in [6.07, 6.45) is 4.08. The first-order valence-corrected chi connectivity index (χ1v) is 10.6. The minimum atomic E-state index is -0.977. The first kappa shape index (κ1) is 19.3. The standard InChI is InChI=1S/C21H27N3O3S/c1-20(2)9-14(25)21(3,4)16-17(20)28-19(23-16)24(11-12-5-6-12)15-8-7-13(10-22-15)18(26)27/h7-8,10,12,14,25H,5-6,9,11H2,1-4H3,(H,26,27). The van der Waals surface area contributed by atoms with Crippen LogP contribution in [0.2, 0.25) is 0 Å². The highest BCUT2D eigenvalue weighted by Gasteiger charge is 2.47. The van der Waals surface area contributed by atoms with E-state index in [4.69, 9.17) is 10.1 Å². The molecule has 2 heterocycles. The summed E-state index contributed by atoms with van der Waals surface area (Å²) in [5.41, 5.74) is 0.621. The number of fused-ring (bicyclic) bond motifs is 1. The van der Waals surface area contributed by atoms with Crippen molar-refractivity contribution in [2.24, 2.45) is 5.92 Å². The monoisotopic (exact) mass is 401 g/mol. The summed E-state index contributed by atoms with van der Waals surface area (Å²) < 4.78 is 0. The van der Waals surface area contributed by atoms with Gasteiger partial charge in [-0.1, -0.05) is 27.7 Å². The van der Waals surface area contributed by atoms with E-state index < -0.39 is 17.5 Å². The Kier molecular flexibility index (Phi) is 4.50. The molecule has 2 aromatic rings. The largest absolute Gasteiger partial charge is 0.478 e. The van der Waals surface area contributed by atoms with Crippen LogP contribution in [0.3, 0.4) is 0 Å². The number of thiazole rings is 1. The highest BCUT2D eigenvalue weighted by Crippen LogP contribution is 2.50. The van der Waals surface area contributed by atoms with Crippen LogP contribution >= 0.6 is 11.3 Å². The molecule has 2 aliphatic carbocycles. The summed E-state index contributed by atoms with van der Waals surface area (Å²) in [7, 11) is 0. The van der Waals surface area contributed by atoms with Gasteiger partial charge in [-0.25, -0.2) is 14.8 Å². The molecule has 28 heavy (non-hydrogen) atoms. The predicted molar refractivity (Wildman–Crippen MR) is 110 cm³/mol. The number of nitrogens with zero attached hydrogens (tertiary/aromatic N) is 3. The lowest BCUT2D eigenvalue weighted by Crippen LogP contribution is -2.44. The van der Waals surface area contributed by atoms with Gasteiger partial charge in [0.25, 0.3) is 0 Å². The Morgan fingerprint density at radius 1 is 1.29 bits per heavy atom. The normalized spacial score (nSPS) is 22.5. The maximum atomic E-state index is 11.2. The van der Waals surface area contributed by atoms with Crippen molar-refractivity contribution >= 4 is 28.3 Å². The molecule has 150 valence electrons. The van der Waals surface area contributed by atoms with Crippen LogP contribution in [0.5, 0.6) is 0 Å². The van der Waals surface area contributed by atoms with Crippen LogP contribution in [-0.4, -0.2) is 38.8 Å². The van der Waals surface area contributed by atoms with Crippen molar-refractivity contribution in [1.29, 1.82) is 0 Å². The van der Waals surface area contributed by atoms with Crippen LogP contribution in [0.15, 0.2) is 18.3 Å². The highest BCUT2D eigenvalue weighted by atomic mass is 32.1. The van der Waals surface area contributed by atoms with Crippen LogP contribution in [0, 0.1) is 5.92 Å². The Morgan fingerprint density at radius 3 is 2.57 bits per heavy atom. The van der Waals surface area contributed by atoms with Gasteiger partial charge in [-0.2, -0.15) is 0 Å². The molecule has 0 spiro atoms. The zero-order chi connectivity index (χ0) is 20.3. The zero-order valence-corrected chi connectivity index (χ0v) is 17.6. The van der Waals surface area contributed by atoms with Crippen molar-refractivity contribution in [2.45, 2.75) is 63.9 Å². The van der Waals surface area contributed by atoms with E-state index in [2.05, 4.69) is 37.6 Å². The van der Waals surface area contributed by atoms with E-state index in [1.807, 2.05) is 0 Å². The second-order valence-corrected chi connectivity index (χ2v) is 10.2. The number of rotatable bonds is 5. The molecule has 4 rings (SSSR count). The topological polar surface area (TPSA) is 86.6 Å². The summed E-state index contributed by atoms with van der Waals surface area (Å²) in [5, 5.41) is 20.7. The number of carbonyl (C=O) groups is 1. The number of aliphatic hydroxyl groups excluding tert-OH is 1. The van der Waals surface area contributed by atoms with Crippen LogP contribution in [0.1, 0.15) is 67.9 Å². The second kappa shape index (κ2) is 6.52. The number of hydrogen-bond acceptors (Lipinski definition) is 6.